The van der Waals surface area contributed by atoms with Gasteiger partial charge in [0.1, 0.15) is 5.82 Å². The van der Waals surface area contributed by atoms with Gasteiger partial charge in [0.2, 0.25) is 11.2 Å². The van der Waals surface area contributed by atoms with Crippen molar-refractivity contribution in [2.75, 3.05) is 10.8 Å². The van der Waals surface area contributed by atoms with E-state index in [1.54, 1.807) is 0 Å². The maximum atomic E-state index is 10.9. The minimum Gasteiger partial charge on any atom is -0.478 e. The third-order valence-electron chi connectivity index (χ3n) is 2.30. The number of aromatic nitrogens is 4. The zero-order valence-electron chi connectivity index (χ0n) is 14.0. The molecule has 12 nitrogen and oxygen atoms in total. The van der Waals surface area contributed by atoms with Crippen molar-refractivity contribution in [1.29, 1.82) is 0 Å². The SMILES string of the molecule is CC(C)(C)ONc1nc(Cl)nc(Nc2cc(C(=O)O)ccn2)n1.O=NO. The summed E-state index contributed by atoms with van der Waals surface area (Å²) in [5, 5.41) is 19.6. The minimum absolute atomic E-state index is 0.0584. The minimum atomic E-state index is -1.06. The molecule has 0 aromatic carbocycles. The molecule has 0 atom stereocenters. The summed E-state index contributed by atoms with van der Waals surface area (Å²) in [5.74, 6) is -0.600. The van der Waals surface area contributed by atoms with E-state index in [2.05, 4.69) is 30.7 Å². The van der Waals surface area contributed by atoms with Crippen LogP contribution in [0.25, 0.3) is 0 Å². The molecule has 26 heavy (non-hydrogen) atoms. The molecule has 0 amide bonds. The molecule has 0 saturated heterocycles. The highest BCUT2D eigenvalue weighted by molar-refractivity contribution is 6.28. The molecule has 0 bridgehead atoms. The number of anilines is 3. The Balaban J connectivity index is 0.00000105. The fraction of sp³-hybridized carbons (Fsp3) is 0.308. The Kier molecular flexibility index (Phi) is 7.55. The highest BCUT2D eigenvalue weighted by atomic mass is 35.5. The Hall–Kier alpha value is -3.12. The van der Waals surface area contributed by atoms with Crippen molar-refractivity contribution in [2.45, 2.75) is 26.4 Å². The number of carbonyl (C=O) groups is 1. The first kappa shape index (κ1) is 20.9. The Bertz CT molecular complexity index is 769. The third-order valence-corrected chi connectivity index (χ3v) is 2.47. The van der Waals surface area contributed by atoms with E-state index >= 15 is 0 Å². The molecule has 2 aromatic rings. The van der Waals surface area contributed by atoms with Gasteiger partial charge >= 0.3 is 5.97 Å². The molecule has 4 N–H and O–H groups in total. The number of hydrogen-bond acceptors (Lipinski definition) is 10. The van der Waals surface area contributed by atoms with E-state index in [1.165, 1.54) is 23.7 Å². The maximum absolute atomic E-state index is 10.9. The van der Waals surface area contributed by atoms with Crippen LogP contribution in [0.4, 0.5) is 17.7 Å². The van der Waals surface area contributed by atoms with E-state index in [1.807, 2.05) is 20.8 Å². The van der Waals surface area contributed by atoms with Crippen molar-refractivity contribution in [3.05, 3.63) is 34.1 Å². The van der Waals surface area contributed by atoms with Gasteiger partial charge in [0, 0.05) is 6.20 Å². The second-order valence-electron chi connectivity index (χ2n) is 5.51. The summed E-state index contributed by atoms with van der Waals surface area (Å²) in [7, 11) is 0. The van der Waals surface area contributed by atoms with E-state index in [4.69, 9.17) is 31.7 Å². The number of hydrogen-bond donors (Lipinski definition) is 4. The zero-order chi connectivity index (χ0) is 19.7. The Morgan fingerprint density at radius 2 is 1.88 bits per heavy atom. The first-order chi connectivity index (χ1) is 12.1. The molecule has 0 aliphatic carbocycles. The average Bonchev–Trinajstić information content (AvgIpc) is 2.53. The van der Waals surface area contributed by atoms with Crippen LogP contribution in [0.1, 0.15) is 31.1 Å². The molecular weight excluding hydrogens is 370 g/mol. The predicted octanol–water partition coefficient (Wildman–Crippen LogP) is 2.65. The van der Waals surface area contributed by atoms with Crippen LogP contribution in [0.15, 0.2) is 23.7 Å². The van der Waals surface area contributed by atoms with Crippen LogP contribution >= 0.6 is 11.6 Å². The van der Waals surface area contributed by atoms with Crippen LogP contribution in [0, 0.1) is 4.91 Å². The molecule has 2 heterocycles. The lowest BCUT2D eigenvalue weighted by molar-refractivity contribution is 0.0358. The molecular formula is C13H16ClN7O5. The summed E-state index contributed by atoms with van der Waals surface area (Å²) in [6.45, 7) is 5.55. The van der Waals surface area contributed by atoms with Crippen LogP contribution in [-0.2, 0) is 4.84 Å². The van der Waals surface area contributed by atoms with Gasteiger partial charge in [-0.25, -0.2) is 15.3 Å². The van der Waals surface area contributed by atoms with E-state index in [0.29, 0.717) is 0 Å². The van der Waals surface area contributed by atoms with Crippen LogP contribution in [-0.4, -0.2) is 41.8 Å². The summed E-state index contributed by atoms with van der Waals surface area (Å²) in [6.07, 6.45) is 1.36. The first-order valence-corrected chi connectivity index (χ1v) is 7.31. The number of nitrogens with zero attached hydrogens (tertiary/aromatic N) is 5. The van der Waals surface area contributed by atoms with Gasteiger partial charge in [-0.3, -0.25) is 4.84 Å². The summed E-state index contributed by atoms with van der Waals surface area (Å²) in [5.41, 5.74) is 2.21. The number of halogens is 1. The van der Waals surface area contributed by atoms with Crippen molar-refractivity contribution in [3.8, 4) is 0 Å². The number of aromatic carboxylic acids is 1. The Morgan fingerprint density at radius 1 is 1.27 bits per heavy atom. The van der Waals surface area contributed by atoms with Crippen LogP contribution in [0.5, 0.6) is 0 Å². The van der Waals surface area contributed by atoms with E-state index in [-0.39, 0.29) is 28.6 Å². The Labute approximate surface area is 152 Å². The van der Waals surface area contributed by atoms with E-state index < -0.39 is 11.6 Å². The standard InChI is InChI=1S/C13H15ClN6O3.HNO2/c1-13(2,3)23-20-12-18-10(14)17-11(19-12)16-8-6-7(9(21)22)4-5-15-8;2-1-3/h4-6H,1-3H3,(H,21,22)(H2,15,16,17,18,19,20);(H,2,3). The number of carboxylic acids is 1. The van der Waals surface area contributed by atoms with Crippen molar-refractivity contribution in [2.24, 2.45) is 5.34 Å². The van der Waals surface area contributed by atoms with Crippen LogP contribution in [0.2, 0.25) is 5.28 Å². The maximum Gasteiger partial charge on any atom is 0.335 e. The van der Waals surface area contributed by atoms with Gasteiger partial charge in [-0.15, -0.1) is 4.91 Å². The second-order valence-corrected chi connectivity index (χ2v) is 5.85. The molecule has 140 valence electrons. The fourth-order valence-electron chi connectivity index (χ4n) is 1.40. The lowest BCUT2D eigenvalue weighted by Crippen LogP contribution is -2.24. The van der Waals surface area contributed by atoms with Crippen LogP contribution in [0.3, 0.4) is 0 Å². The molecule has 0 unspecified atom stereocenters. The zero-order valence-corrected chi connectivity index (χ0v) is 14.7. The Morgan fingerprint density at radius 3 is 2.46 bits per heavy atom. The largest absolute Gasteiger partial charge is 0.478 e. The highest BCUT2D eigenvalue weighted by Gasteiger charge is 2.13. The molecule has 0 spiro atoms. The molecule has 0 radical (unpaired) electrons. The normalized spacial score (nSPS) is 10.3. The van der Waals surface area contributed by atoms with Crippen molar-refractivity contribution < 1.29 is 19.9 Å². The lowest BCUT2D eigenvalue weighted by Gasteiger charge is -2.19. The van der Waals surface area contributed by atoms with Crippen LogP contribution < -0.4 is 10.8 Å². The summed E-state index contributed by atoms with van der Waals surface area (Å²) >= 11 is 5.84. The fourth-order valence-corrected chi connectivity index (χ4v) is 1.56. The van der Waals surface area contributed by atoms with Gasteiger partial charge in [-0.05, 0) is 44.5 Å². The van der Waals surface area contributed by atoms with Crippen molar-refractivity contribution in [3.63, 3.8) is 0 Å². The molecule has 0 fully saturated rings. The molecule has 0 saturated carbocycles. The quantitative estimate of drug-likeness (QED) is 0.440. The predicted molar refractivity (Wildman–Crippen MR) is 91.4 cm³/mol. The summed E-state index contributed by atoms with van der Waals surface area (Å²) in [4.78, 5) is 40.2. The number of pyridine rings is 1. The third kappa shape index (κ3) is 7.63. The molecule has 13 heteroatoms. The van der Waals surface area contributed by atoms with Gasteiger partial charge in [0.05, 0.1) is 11.2 Å². The monoisotopic (exact) mass is 385 g/mol. The number of rotatable bonds is 5. The van der Waals surface area contributed by atoms with Gasteiger partial charge in [0.25, 0.3) is 5.95 Å². The smallest absolute Gasteiger partial charge is 0.335 e. The topological polar surface area (TPSA) is 172 Å². The van der Waals surface area contributed by atoms with Gasteiger partial charge in [-0.2, -0.15) is 15.0 Å². The first-order valence-electron chi connectivity index (χ1n) is 6.93. The van der Waals surface area contributed by atoms with Gasteiger partial charge in [-0.1, -0.05) is 0 Å². The summed E-state index contributed by atoms with van der Waals surface area (Å²) < 4.78 is 0. The number of carboxylic acid groups (broad SMARTS) is 1. The lowest BCUT2D eigenvalue weighted by atomic mass is 10.2. The highest BCUT2D eigenvalue weighted by Crippen LogP contribution is 2.16. The summed E-state index contributed by atoms with van der Waals surface area (Å²) in [6, 6.07) is 2.72. The van der Waals surface area contributed by atoms with Crippen molar-refractivity contribution in [1.82, 2.24) is 19.9 Å². The second kappa shape index (κ2) is 9.39. The van der Waals surface area contributed by atoms with Gasteiger partial charge < -0.3 is 15.6 Å². The molecule has 0 aliphatic heterocycles. The molecule has 2 rings (SSSR count). The molecule has 0 aliphatic rings. The van der Waals surface area contributed by atoms with E-state index in [0.717, 1.165) is 0 Å². The average molecular weight is 386 g/mol. The van der Waals surface area contributed by atoms with Crippen molar-refractivity contribution >= 4 is 35.3 Å². The van der Waals surface area contributed by atoms with Gasteiger partial charge in [0.15, 0.2) is 5.34 Å². The molecule has 2 aromatic heterocycles. The number of nitrogens with one attached hydrogen (secondary N) is 2. The van der Waals surface area contributed by atoms with E-state index in [9.17, 15) is 4.79 Å².